The van der Waals surface area contributed by atoms with Gasteiger partial charge >= 0.3 is 0 Å². The van der Waals surface area contributed by atoms with Gasteiger partial charge in [-0.1, -0.05) is 37.3 Å². The standard InChI is InChI=1S/C24H27N3O/c1-2-17-3-5-18(6-4-17)12-14-26-23(28)16-27(21-8-9-21)24(26)20-7-10-22-19(15-20)11-13-25-22/h3-7,10-11,13,15,21,24-25H,2,8-9,12,14,16H2,1H3. The summed E-state index contributed by atoms with van der Waals surface area (Å²) in [6.45, 7) is 3.49. The number of nitrogens with one attached hydrogen (secondary N) is 1. The molecule has 5 rings (SSSR count). The molecule has 0 bridgehead atoms. The molecule has 28 heavy (non-hydrogen) atoms. The number of nitrogens with zero attached hydrogens (tertiary/aromatic N) is 2. The van der Waals surface area contributed by atoms with Crippen molar-refractivity contribution < 1.29 is 4.79 Å². The van der Waals surface area contributed by atoms with Crippen molar-refractivity contribution in [3.63, 3.8) is 0 Å². The number of hydrogen-bond acceptors (Lipinski definition) is 2. The summed E-state index contributed by atoms with van der Waals surface area (Å²) in [5.74, 6) is 0.260. The molecule has 2 aromatic carbocycles. The molecule has 4 nitrogen and oxygen atoms in total. The van der Waals surface area contributed by atoms with Crippen molar-refractivity contribution in [2.45, 2.75) is 44.8 Å². The number of carbonyl (C=O) groups is 1. The molecule has 0 radical (unpaired) electrons. The molecule has 0 spiro atoms. The summed E-state index contributed by atoms with van der Waals surface area (Å²) in [7, 11) is 0. The average molecular weight is 374 g/mol. The first-order chi connectivity index (χ1) is 13.7. The predicted molar refractivity (Wildman–Crippen MR) is 112 cm³/mol. The molecule has 4 heteroatoms. The fourth-order valence-corrected chi connectivity index (χ4v) is 4.43. The highest BCUT2D eigenvalue weighted by atomic mass is 16.2. The number of benzene rings is 2. The van der Waals surface area contributed by atoms with Crippen molar-refractivity contribution in [2.24, 2.45) is 0 Å². The number of hydrogen-bond donors (Lipinski definition) is 1. The molecule has 1 aromatic heterocycles. The molecule has 1 amide bonds. The van der Waals surface area contributed by atoms with Crippen LogP contribution in [0.4, 0.5) is 0 Å². The van der Waals surface area contributed by atoms with E-state index >= 15 is 0 Å². The minimum Gasteiger partial charge on any atom is -0.361 e. The summed E-state index contributed by atoms with van der Waals surface area (Å²) in [4.78, 5) is 20.7. The highest BCUT2D eigenvalue weighted by Gasteiger charge is 2.45. The maximum atomic E-state index is 12.9. The molecule has 2 heterocycles. The highest BCUT2D eigenvalue weighted by molar-refractivity contribution is 5.83. The van der Waals surface area contributed by atoms with Gasteiger partial charge in [-0.05, 0) is 66.0 Å². The maximum absolute atomic E-state index is 12.9. The lowest BCUT2D eigenvalue weighted by atomic mass is 10.1. The lowest BCUT2D eigenvalue weighted by Crippen LogP contribution is -2.34. The molecule has 1 N–H and O–H groups in total. The number of rotatable bonds is 6. The number of aryl methyl sites for hydroxylation is 1. The van der Waals surface area contributed by atoms with Crippen LogP contribution in [0.25, 0.3) is 10.9 Å². The normalized spacial score (nSPS) is 20.4. The number of amides is 1. The summed E-state index contributed by atoms with van der Waals surface area (Å²) in [6.07, 6.45) is 6.42. The highest BCUT2D eigenvalue weighted by Crippen LogP contribution is 2.40. The van der Waals surface area contributed by atoms with Gasteiger partial charge in [0.05, 0.1) is 6.54 Å². The van der Waals surface area contributed by atoms with Gasteiger partial charge in [-0.25, -0.2) is 0 Å². The Kier molecular flexibility index (Phi) is 4.44. The van der Waals surface area contributed by atoms with Crippen molar-refractivity contribution in [1.29, 1.82) is 0 Å². The van der Waals surface area contributed by atoms with Crippen LogP contribution in [-0.4, -0.2) is 39.8 Å². The lowest BCUT2D eigenvalue weighted by molar-refractivity contribution is -0.128. The zero-order valence-corrected chi connectivity index (χ0v) is 16.4. The van der Waals surface area contributed by atoms with Crippen LogP contribution in [0.2, 0.25) is 0 Å². The second-order valence-corrected chi connectivity index (χ2v) is 8.11. The molecule has 1 unspecified atom stereocenters. The molecule has 1 saturated carbocycles. The fraction of sp³-hybridized carbons (Fsp3) is 0.375. The van der Waals surface area contributed by atoms with Gasteiger partial charge in [-0.3, -0.25) is 9.69 Å². The van der Waals surface area contributed by atoms with Gasteiger partial charge in [-0.2, -0.15) is 0 Å². The van der Waals surface area contributed by atoms with Crippen LogP contribution in [0.5, 0.6) is 0 Å². The number of H-pyrrole nitrogens is 1. The van der Waals surface area contributed by atoms with Gasteiger partial charge in [0, 0.05) is 24.3 Å². The first-order valence-electron chi connectivity index (χ1n) is 10.4. The van der Waals surface area contributed by atoms with Crippen LogP contribution in [0.15, 0.2) is 54.7 Å². The molecule has 2 aliphatic rings. The van der Waals surface area contributed by atoms with E-state index in [0.29, 0.717) is 12.6 Å². The van der Waals surface area contributed by atoms with E-state index in [9.17, 15) is 4.79 Å². The van der Waals surface area contributed by atoms with E-state index in [1.807, 2.05) is 6.20 Å². The molecule has 1 aliphatic carbocycles. The summed E-state index contributed by atoms with van der Waals surface area (Å²) in [6, 6.07) is 18.1. The topological polar surface area (TPSA) is 39.3 Å². The number of aromatic nitrogens is 1. The number of fused-ring (bicyclic) bond motifs is 1. The van der Waals surface area contributed by atoms with Crippen LogP contribution in [0.1, 0.15) is 42.6 Å². The van der Waals surface area contributed by atoms with E-state index < -0.39 is 0 Å². The van der Waals surface area contributed by atoms with Gasteiger partial charge in [0.25, 0.3) is 0 Å². The van der Waals surface area contributed by atoms with Crippen LogP contribution in [0, 0.1) is 0 Å². The van der Waals surface area contributed by atoms with Crippen LogP contribution >= 0.6 is 0 Å². The molecule has 1 aliphatic heterocycles. The number of carbonyl (C=O) groups excluding carboxylic acids is 1. The quantitative estimate of drug-likeness (QED) is 0.701. The summed E-state index contributed by atoms with van der Waals surface area (Å²) in [5, 5.41) is 1.21. The van der Waals surface area contributed by atoms with Crippen molar-refractivity contribution in [3.05, 3.63) is 71.4 Å². The molecular weight excluding hydrogens is 346 g/mol. The first kappa shape index (κ1) is 17.5. The van der Waals surface area contributed by atoms with Crippen molar-refractivity contribution in [1.82, 2.24) is 14.8 Å². The largest absolute Gasteiger partial charge is 0.361 e. The second kappa shape index (κ2) is 7.10. The Balaban J connectivity index is 1.41. The Bertz CT molecular complexity index is 987. The zero-order chi connectivity index (χ0) is 19.1. The van der Waals surface area contributed by atoms with Gasteiger partial charge in [0.15, 0.2) is 0 Å². The number of aromatic amines is 1. The Morgan fingerprint density at radius 1 is 1.04 bits per heavy atom. The third-order valence-corrected chi connectivity index (χ3v) is 6.21. The fourth-order valence-electron chi connectivity index (χ4n) is 4.43. The van der Waals surface area contributed by atoms with E-state index in [2.05, 4.69) is 70.2 Å². The van der Waals surface area contributed by atoms with E-state index in [4.69, 9.17) is 0 Å². The van der Waals surface area contributed by atoms with E-state index in [-0.39, 0.29) is 12.1 Å². The first-order valence-corrected chi connectivity index (χ1v) is 10.4. The Morgan fingerprint density at radius 3 is 2.57 bits per heavy atom. The smallest absolute Gasteiger partial charge is 0.238 e. The molecule has 3 aromatic rings. The predicted octanol–water partition coefficient (Wildman–Crippen LogP) is 4.28. The van der Waals surface area contributed by atoms with Gasteiger partial charge in [0.1, 0.15) is 6.17 Å². The second-order valence-electron chi connectivity index (χ2n) is 8.11. The van der Waals surface area contributed by atoms with Gasteiger partial charge in [-0.15, -0.1) is 0 Å². The van der Waals surface area contributed by atoms with Gasteiger partial charge in [0.2, 0.25) is 5.91 Å². The Labute approximate surface area is 166 Å². The third kappa shape index (κ3) is 3.22. The monoisotopic (exact) mass is 373 g/mol. The summed E-state index contributed by atoms with van der Waals surface area (Å²) < 4.78 is 0. The summed E-state index contributed by atoms with van der Waals surface area (Å²) >= 11 is 0. The third-order valence-electron chi connectivity index (χ3n) is 6.21. The lowest BCUT2D eigenvalue weighted by Gasteiger charge is -2.30. The Morgan fingerprint density at radius 2 is 1.82 bits per heavy atom. The molecule has 2 fully saturated rings. The Hall–Kier alpha value is -2.59. The maximum Gasteiger partial charge on any atom is 0.238 e. The van der Waals surface area contributed by atoms with Crippen LogP contribution in [-0.2, 0) is 17.6 Å². The minimum absolute atomic E-state index is 0.0641. The molecule has 1 atom stereocenters. The van der Waals surface area contributed by atoms with E-state index in [1.54, 1.807) is 0 Å². The molecule has 144 valence electrons. The van der Waals surface area contributed by atoms with Crippen molar-refractivity contribution >= 4 is 16.8 Å². The zero-order valence-electron chi connectivity index (χ0n) is 16.4. The SMILES string of the molecule is CCc1ccc(CCN2C(=O)CN(C3CC3)C2c2ccc3[nH]ccc3c2)cc1. The van der Waals surface area contributed by atoms with Crippen molar-refractivity contribution in [2.75, 3.05) is 13.1 Å². The minimum atomic E-state index is 0.0641. The summed E-state index contributed by atoms with van der Waals surface area (Å²) in [5.41, 5.74) is 5.04. The van der Waals surface area contributed by atoms with Crippen LogP contribution in [0.3, 0.4) is 0 Å². The van der Waals surface area contributed by atoms with E-state index in [1.165, 1.54) is 34.9 Å². The van der Waals surface area contributed by atoms with Crippen LogP contribution < -0.4 is 0 Å². The molecular formula is C24H27N3O. The molecule has 1 saturated heterocycles. The average Bonchev–Trinajstić information content (AvgIpc) is 3.37. The van der Waals surface area contributed by atoms with Crippen molar-refractivity contribution in [3.8, 4) is 0 Å². The van der Waals surface area contributed by atoms with Gasteiger partial charge < -0.3 is 9.88 Å². The van der Waals surface area contributed by atoms with E-state index in [0.717, 1.165) is 24.9 Å².